The molecular weight excluding hydrogens is 489 g/mol. The van der Waals surface area contributed by atoms with Gasteiger partial charge < -0.3 is 20.9 Å². The van der Waals surface area contributed by atoms with Crippen LogP contribution in [0.5, 0.6) is 0 Å². The van der Waals surface area contributed by atoms with E-state index in [2.05, 4.69) is 47.9 Å². The minimum Gasteiger partial charge on any atom is -0.357 e. The molecule has 7 heteroatoms. The standard InChI is InChI=1S/C23H39N5O.HI/c1-5-25-23(27-17-21(28(3)4)19-11-7-6-8-12-19)26-15-14-18-10-9-13-20(16-18)22(29)24-2;/h9-10,13,16,19,21H,5-8,11-12,14-15,17H2,1-4H3,(H,24,29)(H2,25,26,27);1H. The summed E-state index contributed by atoms with van der Waals surface area (Å²) < 4.78 is 0. The number of carbonyl (C=O) groups excluding carboxylic acids is 1. The van der Waals surface area contributed by atoms with Gasteiger partial charge in [-0.05, 0) is 63.9 Å². The molecule has 1 aliphatic carbocycles. The first-order chi connectivity index (χ1) is 14.0. The first-order valence-electron chi connectivity index (χ1n) is 11.0. The van der Waals surface area contributed by atoms with Crippen LogP contribution in [0.4, 0.5) is 0 Å². The quantitative estimate of drug-likeness (QED) is 0.261. The lowest BCUT2D eigenvalue weighted by Gasteiger charge is -2.34. The van der Waals surface area contributed by atoms with Gasteiger partial charge in [0.15, 0.2) is 5.96 Å². The fraction of sp³-hybridized carbons (Fsp3) is 0.652. The molecule has 0 saturated heterocycles. The van der Waals surface area contributed by atoms with Gasteiger partial charge in [-0.2, -0.15) is 0 Å². The van der Waals surface area contributed by atoms with Crippen LogP contribution in [-0.2, 0) is 6.42 Å². The summed E-state index contributed by atoms with van der Waals surface area (Å²) in [5.74, 6) is 1.57. The van der Waals surface area contributed by atoms with Crippen LogP contribution in [0.15, 0.2) is 29.3 Å². The smallest absolute Gasteiger partial charge is 0.251 e. The Morgan fingerprint density at radius 1 is 1.20 bits per heavy atom. The Bertz CT molecular complexity index is 659. The van der Waals surface area contributed by atoms with Crippen molar-refractivity contribution in [1.82, 2.24) is 20.9 Å². The highest BCUT2D eigenvalue weighted by Gasteiger charge is 2.25. The van der Waals surface area contributed by atoms with Crippen LogP contribution in [0.2, 0.25) is 0 Å². The highest BCUT2D eigenvalue weighted by atomic mass is 127. The summed E-state index contributed by atoms with van der Waals surface area (Å²) in [6.45, 7) is 4.53. The minimum absolute atomic E-state index is 0. The van der Waals surface area contributed by atoms with Gasteiger partial charge in [0.1, 0.15) is 0 Å². The van der Waals surface area contributed by atoms with Crippen molar-refractivity contribution in [3.8, 4) is 0 Å². The largest absolute Gasteiger partial charge is 0.357 e. The van der Waals surface area contributed by atoms with Crippen LogP contribution in [0.25, 0.3) is 0 Å². The van der Waals surface area contributed by atoms with Crippen molar-refractivity contribution in [1.29, 1.82) is 0 Å². The normalized spacial score (nSPS) is 16.0. The van der Waals surface area contributed by atoms with E-state index in [1.165, 1.54) is 32.1 Å². The van der Waals surface area contributed by atoms with E-state index < -0.39 is 0 Å². The number of guanidine groups is 1. The number of hydrogen-bond donors (Lipinski definition) is 3. The molecule has 1 aromatic rings. The third-order valence-corrected chi connectivity index (χ3v) is 5.76. The number of nitrogens with one attached hydrogen (secondary N) is 3. The van der Waals surface area contributed by atoms with E-state index in [0.717, 1.165) is 43.5 Å². The molecule has 1 aromatic carbocycles. The number of hydrogen-bond acceptors (Lipinski definition) is 3. The van der Waals surface area contributed by atoms with Crippen LogP contribution in [0.3, 0.4) is 0 Å². The zero-order valence-corrected chi connectivity index (χ0v) is 21.4. The Hall–Kier alpha value is -1.35. The fourth-order valence-electron chi connectivity index (χ4n) is 4.12. The van der Waals surface area contributed by atoms with E-state index in [0.29, 0.717) is 11.6 Å². The van der Waals surface area contributed by atoms with Crippen molar-refractivity contribution in [3.05, 3.63) is 35.4 Å². The topological polar surface area (TPSA) is 68.8 Å². The Labute approximate surface area is 199 Å². The van der Waals surface area contributed by atoms with Crippen LogP contribution in [0.1, 0.15) is 54.9 Å². The molecule has 2 rings (SSSR count). The molecule has 6 nitrogen and oxygen atoms in total. The van der Waals surface area contributed by atoms with Gasteiger partial charge in [-0.3, -0.25) is 9.79 Å². The van der Waals surface area contributed by atoms with E-state index in [4.69, 9.17) is 4.99 Å². The predicted molar refractivity (Wildman–Crippen MR) is 137 cm³/mol. The van der Waals surface area contributed by atoms with Crippen molar-refractivity contribution in [2.45, 2.75) is 51.5 Å². The van der Waals surface area contributed by atoms with E-state index in [1.54, 1.807) is 7.05 Å². The monoisotopic (exact) mass is 529 g/mol. The van der Waals surface area contributed by atoms with Crippen LogP contribution < -0.4 is 16.0 Å². The summed E-state index contributed by atoms with van der Waals surface area (Å²) in [6.07, 6.45) is 7.58. The molecule has 1 aliphatic rings. The van der Waals surface area contributed by atoms with Gasteiger partial charge in [0.05, 0.1) is 6.54 Å². The molecule has 0 spiro atoms. The molecule has 0 heterocycles. The van der Waals surface area contributed by atoms with Gasteiger partial charge in [0.25, 0.3) is 5.91 Å². The second-order valence-corrected chi connectivity index (χ2v) is 8.10. The van der Waals surface area contributed by atoms with E-state index >= 15 is 0 Å². The molecule has 1 saturated carbocycles. The van der Waals surface area contributed by atoms with Crippen LogP contribution in [0, 0.1) is 5.92 Å². The lowest BCUT2D eigenvalue weighted by atomic mass is 9.83. The first-order valence-corrected chi connectivity index (χ1v) is 11.0. The van der Waals surface area contributed by atoms with Gasteiger partial charge in [-0.15, -0.1) is 24.0 Å². The summed E-state index contributed by atoms with van der Waals surface area (Å²) in [4.78, 5) is 19.0. The second-order valence-electron chi connectivity index (χ2n) is 8.10. The summed E-state index contributed by atoms with van der Waals surface area (Å²) >= 11 is 0. The van der Waals surface area contributed by atoms with Crippen molar-refractivity contribution >= 4 is 35.8 Å². The molecule has 0 aliphatic heterocycles. The SMILES string of the molecule is CCNC(=NCC(C1CCCCC1)N(C)C)NCCc1cccc(C(=O)NC)c1.I. The van der Waals surface area contributed by atoms with Crippen molar-refractivity contribution < 1.29 is 4.79 Å². The maximum atomic E-state index is 11.8. The number of nitrogens with zero attached hydrogens (tertiary/aromatic N) is 2. The number of halogens is 1. The number of amides is 1. The third kappa shape index (κ3) is 8.79. The zero-order valence-electron chi connectivity index (χ0n) is 19.0. The number of likely N-dealkylation sites (N-methyl/N-ethyl adjacent to an activating group) is 1. The average Bonchev–Trinajstić information content (AvgIpc) is 2.74. The van der Waals surface area contributed by atoms with E-state index in [9.17, 15) is 4.79 Å². The molecule has 170 valence electrons. The van der Waals surface area contributed by atoms with Gasteiger partial charge >= 0.3 is 0 Å². The van der Waals surface area contributed by atoms with Crippen LogP contribution in [-0.4, -0.2) is 63.6 Å². The maximum Gasteiger partial charge on any atom is 0.251 e. The van der Waals surface area contributed by atoms with Crippen molar-refractivity contribution in [3.63, 3.8) is 0 Å². The molecule has 30 heavy (non-hydrogen) atoms. The summed E-state index contributed by atoms with van der Waals surface area (Å²) in [7, 11) is 6.01. The minimum atomic E-state index is -0.0489. The van der Waals surface area contributed by atoms with Crippen LogP contribution >= 0.6 is 24.0 Å². The third-order valence-electron chi connectivity index (χ3n) is 5.76. The van der Waals surface area contributed by atoms with E-state index in [1.807, 2.05) is 18.2 Å². The summed E-state index contributed by atoms with van der Waals surface area (Å²) in [6, 6.07) is 8.29. The Morgan fingerprint density at radius 2 is 1.93 bits per heavy atom. The van der Waals surface area contributed by atoms with Gasteiger partial charge in [-0.25, -0.2) is 0 Å². The average molecular weight is 530 g/mol. The summed E-state index contributed by atoms with van der Waals surface area (Å²) in [5.41, 5.74) is 1.84. The lowest BCUT2D eigenvalue weighted by molar-refractivity contribution is 0.0963. The van der Waals surface area contributed by atoms with Gasteiger partial charge in [-0.1, -0.05) is 31.4 Å². The fourth-order valence-corrected chi connectivity index (χ4v) is 4.12. The molecule has 1 unspecified atom stereocenters. The molecule has 0 bridgehead atoms. The second kappa shape index (κ2) is 14.6. The molecule has 0 radical (unpaired) electrons. The molecule has 1 amide bonds. The maximum absolute atomic E-state index is 11.8. The van der Waals surface area contributed by atoms with Crippen molar-refractivity contribution in [2.75, 3.05) is 40.8 Å². The molecule has 0 aromatic heterocycles. The molecular formula is C23H40IN5O. The molecule has 3 N–H and O–H groups in total. The highest BCUT2D eigenvalue weighted by molar-refractivity contribution is 14.0. The van der Waals surface area contributed by atoms with E-state index in [-0.39, 0.29) is 29.9 Å². The summed E-state index contributed by atoms with van der Waals surface area (Å²) in [5, 5.41) is 9.49. The molecule has 1 atom stereocenters. The number of carbonyl (C=O) groups is 1. The molecule has 1 fully saturated rings. The first kappa shape index (κ1) is 26.7. The number of aliphatic imine (C=N–C) groups is 1. The Balaban J connectivity index is 0.00000450. The Kier molecular flexibility index (Phi) is 13.0. The lowest BCUT2D eigenvalue weighted by Crippen LogP contribution is -2.42. The number of benzene rings is 1. The van der Waals surface area contributed by atoms with Gasteiger partial charge in [0, 0.05) is 31.7 Å². The Morgan fingerprint density at radius 3 is 2.57 bits per heavy atom. The zero-order chi connectivity index (χ0) is 21.1. The predicted octanol–water partition coefficient (Wildman–Crippen LogP) is 3.27. The number of rotatable bonds is 9. The van der Waals surface area contributed by atoms with Crippen molar-refractivity contribution in [2.24, 2.45) is 10.9 Å². The van der Waals surface area contributed by atoms with Gasteiger partial charge in [0.2, 0.25) is 0 Å². The highest BCUT2D eigenvalue weighted by Crippen LogP contribution is 2.28.